The van der Waals surface area contributed by atoms with Gasteiger partial charge in [-0.1, -0.05) is 86.0 Å². The normalized spacial score (nSPS) is 17.0. The molecule has 78 heavy (non-hydrogen) atoms. The van der Waals surface area contributed by atoms with Crippen molar-refractivity contribution in [2.75, 3.05) is 46.8 Å². The molecule has 5 aromatic rings. The Morgan fingerprint density at radius 3 is 1.19 bits per heavy atom. The molecule has 0 spiro atoms. The molecular weight excluding hydrogens is 977 g/mol. The maximum atomic E-state index is 12.5. The summed E-state index contributed by atoms with van der Waals surface area (Å²) in [5.41, 5.74) is 8.12. The van der Waals surface area contributed by atoms with E-state index in [4.69, 9.17) is 33.2 Å². The maximum Gasteiger partial charge on any atom is 0.337 e. The number of unbranched alkanes of at least 4 members (excludes halogenated alkanes) is 6. The topological polar surface area (TPSA) is 116 Å². The number of methoxy groups -OCH3 is 1. The molecule has 2 fully saturated rings. The average molecular weight is 1060 g/mol. The summed E-state index contributed by atoms with van der Waals surface area (Å²) >= 11 is 0. The summed E-state index contributed by atoms with van der Waals surface area (Å²) in [4.78, 5) is 34.7. The number of esters is 3. The van der Waals surface area contributed by atoms with E-state index in [1.54, 1.807) is 12.1 Å². The molecule has 416 valence electrons. The lowest BCUT2D eigenvalue weighted by molar-refractivity contribution is -0.138. The van der Waals surface area contributed by atoms with Gasteiger partial charge in [-0.3, -0.25) is 0 Å². The van der Waals surface area contributed by atoms with Crippen LogP contribution in [0, 0.1) is 11.8 Å². The molecule has 0 bridgehead atoms. The van der Waals surface area contributed by atoms with Gasteiger partial charge in [0.25, 0.3) is 0 Å². The number of ether oxygens (including phenoxy) is 7. The Bertz CT molecular complexity index is 2570. The van der Waals surface area contributed by atoms with Crippen LogP contribution >= 0.6 is 0 Å². The summed E-state index contributed by atoms with van der Waals surface area (Å²) in [6.07, 6.45) is 24.0. The molecule has 2 aliphatic rings. The minimum atomic E-state index is -0.383. The fourth-order valence-corrected chi connectivity index (χ4v) is 11.0. The van der Waals surface area contributed by atoms with Gasteiger partial charge in [-0.2, -0.15) is 0 Å². The maximum absolute atomic E-state index is 12.5. The highest BCUT2D eigenvalue weighted by atomic mass is 16.5. The van der Waals surface area contributed by atoms with Crippen LogP contribution in [-0.4, -0.2) is 64.7 Å². The zero-order chi connectivity index (χ0) is 54.6. The van der Waals surface area contributed by atoms with E-state index < -0.39 is 0 Å². The van der Waals surface area contributed by atoms with Gasteiger partial charge in [-0.15, -0.1) is 0 Å². The van der Waals surface area contributed by atoms with Crippen LogP contribution in [-0.2, 0) is 23.8 Å². The zero-order valence-electron chi connectivity index (χ0n) is 46.3. The molecular formula is C68H84O10. The molecule has 0 saturated heterocycles. The molecule has 0 radical (unpaired) electrons. The number of carbonyl (C=O) groups excluding carboxylic acids is 3. The van der Waals surface area contributed by atoms with Crippen LogP contribution in [0.3, 0.4) is 0 Å². The van der Waals surface area contributed by atoms with Gasteiger partial charge in [0.1, 0.15) is 11.5 Å². The second-order valence-electron chi connectivity index (χ2n) is 21.1. The number of hydrogen-bond donors (Lipinski definition) is 0. The summed E-state index contributed by atoms with van der Waals surface area (Å²) in [6, 6.07) is 40.4. The third kappa shape index (κ3) is 19.6. The van der Waals surface area contributed by atoms with E-state index in [0.29, 0.717) is 80.4 Å². The lowest BCUT2D eigenvalue weighted by Crippen LogP contribution is -2.15. The first-order chi connectivity index (χ1) is 38.3. The summed E-state index contributed by atoms with van der Waals surface area (Å²) < 4.78 is 39.7. The van der Waals surface area contributed by atoms with Crippen molar-refractivity contribution in [3.05, 3.63) is 157 Å². The Balaban J connectivity index is 0.753. The van der Waals surface area contributed by atoms with Crippen LogP contribution in [0.15, 0.2) is 141 Å². The van der Waals surface area contributed by atoms with Gasteiger partial charge in [0.2, 0.25) is 0 Å². The fraction of sp³-hybridized carbons (Fsp3) is 0.456. The Morgan fingerprint density at radius 2 is 0.795 bits per heavy atom. The highest BCUT2D eigenvalue weighted by molar-refractivity contribution is 5.90. The standard InChI is InChI=1S/C68H84O10/c1-4-66(69)77-46-12-8-6-10-44-73-62-39-34-59(35-40-62)57-30-26-55(27-31-57)53-22-18-51(19-23-53)16-14-48-75-64-43-38-61(68(71)72-3)50-65(64)76-49-15-17-52-20-24-54(25-21-52)56-28-32-58(33-29-56)60-36-41-63(42-37-60)74-45-11-7-9-13-47-78-67(70)5-2/h4-5,26-43,50-54H,1-2,6-25,44-49H2,3H3. The lowest BCUT2D eigenvalue weighted by Gasteiger charge is -2.29. The fourth-order valence-electron chi connectivity index (χ4n) is 11.0. The minimum Gasteiger partial charge on any atom is -0.494 e. The van der Waals surface area contributed by atoms with Gasteiger partial charge in [-0.25, -0.2) is 14.4 Å². The quantitative estimate of drug-likeness (QED) is 0.0174. The lowest BCUT2D eigenvalue weighted by atomic mass is 9.77. The Labute approximate surface area is 464 Å². The molecule has 5 aromatic carbocycles. The van der Waals surface area contributed by atoms with Crippen molar-refractivity contribution in [2.45, 2.75) is 140 Å². The van der Waals surface area contributed by atoms with Crippen molar-refractivity contribution < 1.29 is 47.5 Å². The van der Waals surface area contributed by atoms with Gasteiger partial charge in [0.15, 0.2) is 11.5 Å². The summed E-state index contributed by atoms with van der Waals surface area (Å²) in [5.74, 6) is 4.52. The SMILES string of the molecule is C=CC(=O)OCCCCCCOc1ccc(-c2ccc(C3CCC(CCCOc4ccc(C(=O)OC)cc4OCCCC4CCC(c5ccc(-c6ccc(OCCCCCCOC(=O)C=C)cc6)cc5)CC4)CC3)cc2)cc1. The number of carbonyl (C=O) groups is 3. The van der Waals surface area contributed by atoms with Crippen LogP contribution in [0.2, 0.25) is 0 Å². The Morgan fingerprint density at radius 1 is 0.423 bits per heavy atom. The van der Waals surface area contributed by atoms with Gasteiger partial charge in [-0.05, 0) is 228 Å². The number of benzene rings is 5. The van der Waals surface area contributed by atoms with Crippen molar-refractivity contribution in [3.63, 3.8) is 0 Å². The predicted molar refractivity (Wildman–Crippen MR) is 311 cm³/mol. The number of rotatable bonds is 33. The van der Waals surface area contributed by atoms with Crippen LogP contribution in [0.5, 0.6) is 23.0 Å². The van der Waals surface area contributed by atoms with Crippen LogP contribution in [0.25, 0.3) is 22.3 Å². The Hall–Kier alpha value is -6.81. The van der Waals surface area contributed by atoms with Gasteiger partial charge in [0.05, 0.1) is 52.3 Å². The first kappa shape index (κ1) is 58.9. The van der Waals surface area contributed by atoms with E-state index in [1.807, 2.05) is 6.07 Å². The first-order valence-corrected chi connectivity index (χ1v) is 29.0. The third-order valence-electron chi connectivity index (χ3n) is 15.7. The van der Waals surface area contributed by atoms with E-state index in [2.05, 4.69) is 110 Å². The van der Waals surface area contributed by atoms with Crippen molar-refractivity contribution in [1.82, 2.24) is 0 Å². The molecule has 2 aliphatic carbocycles. The van der Waals surface area contributed by atoms with Crippen molar-refractivity contribution >= 4 is 17.9 Å². The van der Waals surface area contributed by atoms with Crippen molar-refractivity contribution in [2.24, 2.45) is 11.8 Å². The average Bonchev–Trinajstić information content (AvgIpc) is 3.51. The molecule has 0 aromatic heterocycles. The van der Waals surface area contributed by atoms with Gasteiger partial charge in [0, 0.05) is 12.2 Å². The molecule has 0 N–H and O–H groups in total. The highest BCUT2D eigenvalue weighted by Crippen LogP contribution is 2.40. The van der Waals surface area contributed by atoms with E-state index in [-0.39, 0.29) is 17.9 Å². The van der Waals surface area contributed by atoms with E-state index in [0.717, 1.165) is 88.5 Å². The molecule has 10 nitrogen and oxygen atoms in total. The summed E-state index contributed by atoms with van der Waals surface area (Å²) in [5, 5.41) is 0. The molecule has 0 unspecified atom stereocenters. The molecule has 7 rings (SSSR count). The number of hydrogen-bond acceptors (Lipinski definition) is 10. The van der Waals surface area contributed by atoms with E-state index >= 15 is 0 Å². The van der Waals surface area contributed by atoms with Gasteiger partial charge >= 0.3 is 17.9 Å². The highest BCUT2D eigenvalue weighted by Gasteiger charge is 2.24. The predicted octanol–water partition coefficient (Wildman–Crippen LogP) is 16.4. The Kier molecular flexibility index (Phi) is 24.8. The van der Waals surface area contributed by atoms with Crippen molar-refractivity contribution in [1.29, 1.82) is 0 Å². The smallest absolute Gasteiger partial charge is 0.337 e. The molecule has 0 aliphatic heterocycles. The van der Waals surface area contributed by atoms with Gasteiger partial charge < -0.3 is 33.2 Å². The van der Waals surface area contributed by atoms with Crippen molar-refractivity contribution in [3.8, 4) is 45.3 Å². The largest absolute Gasteiger partial charge is 0.494 e. The summed E-state index contributed by atoms with van der Waals surface area (Å²) in [6.45, 7) is 10.2. The molecule has 0 atom stereocenters. The third-order valence-corrected chi connectivity index (χ3v) is 15.7. The minimum absolute atomic E-state index is 0.362. The summed E-state index contributed by atoms with van der Waals surface area (Å²) in [7, 11) is 1.40. The van der Waals surface area contributed by atoms with E-state index in [9.17, 15) is 14.4 Å². The molecule has 2 saturated carbocycles. The zero-order valence-corrected chi connectivity index (χ0v) is 46.3. The van der Waals surface area contributed by atoms with E-state index in [1.165, 1.54) is 104 Å². The van der Waals surface area contributed by atoms with Crippen LogP contribution in [0.1, 0.15) is 162 Å². The van der Waals surface area contributed by atoms with Crippen LogP contribution < -0.4 is 18.9 Å². The second-order valence-corrected chi connectivity index (χ2v) is 21.1. The monoisotopic (exact) mass is 1060 g/mol. The van der Waals surface area contributed by atoms with Crippen LogP contribution in [0.4, 0.5) is 0 Å². The molecule has 10 heteroatoms. The molecule has 0 amide bonds. The molecule has 0 heterocycles. The first-order valence-electron chi connectivity index (χ1n) is 29.0. The second kappa shape index (κ2) is 32.8.